The Bertz CT molecular complexity index is 705. The monoisotopic (exact) mass is 342 g/mol. The van der Waals surface area contributed by atoms with Crippen LogP contribution in [0.4, 0.5) is 5.13 Å². The number of aliphatic hydroxyl groups excluding tert-OH is 2. The van der Waals surface area contributed by atoms with Gasteiger partial charge in [-0.15, -0.1) is 5.10 Å². The Labute approximate surface area is 133 Å². The number of nitrogens with zero attached hydrogens (tertiary/aromatic N) is 5. The van der Waals surface area contributed by atoms with Crippen molar-refractivity contribution in [1.29, 1.82) is 0 Å². The number of hydrogen-bond donors (Lipinski definition) is 3. The Balaban J connectivity index is 1.70. The largest absolute Gasteiger partial charge is 0.381 e. The molecule has 1 aliphatic rings. The number of rotatable bonds is 4. The van der Waals surface area contributed by atoms with E-state index in [1.807, 2.05) is 0 Å². The molecule has 1 saturated heterocycles. The number of thiazole rings is 1. The molecule has 0 aliphatic carbocycles. The first-order valence-corrected chi connectivity index (χ1v) is 7.52. The van der Waals surface area contributed by atoms with Crippen LogP contribution in [-0.4, -0.2) is 59.7 Å². The number of ether oxygens (including phenoxy) is 1. The fourth-order valence-corrected chi connectivity index (χ4v) is 3.01. The highest BCUT2D eigenvalue weighted by molar-refractivity contribution is 7.18. The summed E-state index contributed by atoms with van der Waals surface area (Å²) >= 11 is 1.26. The van der Waals surface area contributed by atoms with E-state index in [1.54, 1.807) is 12.4 Å². The van der Waals surface area contributed by atoms with Crippen molar-refractivity contribution >= 4 is 16.5 Å². The fourth-order valence-electron chi connectivity index (χ4n) is 2.38. The van der Waals surface area contributed by atoms with E-state index in [4.69, 9.17) is 10.5 Å². The van der Waals surface area contributed by atoms with Gasteiger partial charge in [0.2, 0.25) is 6.04 Å². The van der Waals surface area contributed by atoms with Crippen LogP contribution < -0.4 is 5.73 Å². The Morgan fingerprint density at radius 1 is 1.57 bits per heavy atom. The molecule has 0 spiro atoms. The van der Waals surface area contributed by atoms with Gasteiger partial charge in [-0.05, 0) is 0 Å². The average molecular weight is 342 g/mol. The van der Waals surface area contributed by atoms with Gasteiger partial charge in [0, 0.05) is 17.5 Å². The molecular weight excluding hydrogens is 328 g/mol. The number of anilines is 1. The van der Waals surface area contributed by atoms with Gasteiger partial charge in [-0.2, -0.15) is 0 Å². The van der Waals surface area contributed by atoms with Crippen molar-refractivity contribution in [2.24, 2.45) is 0 Å². The summed E-state index contributed by atoms with van der Waals surface area (Å²) < 4.78 is 6.64. The number of hydrogen-bond acceptors (Lipinski definition) is 10. The molecule has 124 valence electrons. The van der Waals surface area contributed by atoms with Crippen LogP contribution in [-0.2, 0) is 11.3 Å². The van der Waals surface area contributed by atoms with E-state index in [9.17, 15) is 20.3 Å². The maximum absolute atomic E-state index is 10.9. The summed E-state index contributed by atoms with van der Waals surface area (Å²) in [5.74, 6) is 0. The second kappa shape index (κ2) is 6.16. The first-order valence-electron chi connectivity index (χ1n) is 6.71. The lowest BCUT2D eigenvalue weighted by Gasteiger charge is -2.32. The van der Waals surface area contributed by atoms with E-state index in [-0.39, 0.29) is 13.0 Å². The van der Waals surface area contributed by atoms with Crippen LogP contribution in [0.3, 0.4) is 0 Å². The molecule has 1 fully saturated rings. The summed E-state index contributed by atoms with van der Waals surface area (Å²) in [6.07, 6.45) is -0.636. The molecule has 0 aromatic carbocycles. The number of nitro groups is 1. The summed E-state index contributed by atoms with van der Waals surface area (Å²) in [7, 11) is 0. The lowest BCUT2D eigenvalue weighted by molar-refractivity contribution is -0.551. The van der Waals surface area contributed by atoms with Crippen molar-refractivity contribution in [1.82, 2.24) is 20.0 Å². The van der Waals surface area contributed by atoms with Crippen LogP contribution in [0.2, 0.25) is 0 Å². The number of nitrogens with two attached hydrogens (primary N) is 1. The highest BCUT2D eigenvalue weighted by atomic mass is 32.1. The number of aromatic nitrogens is 4. The van der Waals surface area contributed by atoms with Crippen LogP contribution in [0.25, 0.3) is 10.6 Å². The minimum Gasteiger partial charge on any atom is -0.381 e. The normalized spacial score (nSPS) is 27.9. The summed E-state index contributed by atoms with van der Waals surface area (Å²) in [6, 6.07) is -1.28. The molecule has 0 saturated carbocycles. The van der Waals surface area contributed by atoms with Gasteiger partial charge >= 0.3 is 0 Å². The van der Waals surface area contributed by atoms with Gasteiger partial charge in [0.1, 0.15) is 5.69 Å². The molecule has 4 N–H and O–H groups in total. The van der Waals surface area contributed by atoms with E-state index >= 15 is 0 Å². The first-order chi connectivity index (χ1) is 10.9. The Hall–Kier alpha value is -2.15. The molecule has 11 nitrogen and oxygen atoms in total. The third kappa shape index (κ3) is 3.29. The summed E-state index contributed by atoms with van der Waals surface area (Å²) in [6.45, 7) is 0.162. The fraction of sp³-hybridized carbons (Fsp3) is 0.545. The standard InChI is InChI=1S/C11H14N6O5S/c12-11-13-2-8(23-11)6-4-16(15-14-6)3-5-1-7(17(20)21)9(18)10(19)22-5/h2,4-5,7,9-10,18-19H,1,3H2,(H2,12,13)/t5-,7?,9?,10+/m0/s1. The molecule has 0 amide bonds. The van der Waals surface area contributed by atoms with E-state index in [1.165, 1.54) is 16.0 Å². The Morgan fingerprint density at radius 2 is 2.35 bits per heavy atom. The number of aliphatic hydroxyl groups is 2. The topological polar surface area (TPSA) is 162 Å². The Kier molecular flexibility index (Phi) is 4.21. The maximum Gasteiger partial charge on any atom is 0.246 e. The quantitative estimate of drug-likeness (QED) is 0.472. The van der Waals surface area contributed by atoms with Crippen LogP contribution in [0.5, 0.6) is 0 Å². The molecule has 0 bridgehead atoms. The lowest BCUT2D eigenvalue weighted by atomic mass is 10.0. The van der Waals surface area contributed by atoms with Gasteiger partial charge in [0.05, 0.1) is 23.7 Å². The summed E-state index contributed by atoms with van der Waals surface area (Å²) in [5, 5.41) is 38.4. The van der Waals surface area contributed by atoms with E-state index in [0.29, 0.717) is 10.8 Å². The van der Waals surface area contributed by atoms with Gasteiger partial charge in [-0.25, -0.2) is 9.67 Å². The van der Waals surface area contributed by atoms with Crippen molar-refractivity contribution in [3.63, 3.8) is 0 Å². The van der Waals surface area contributed by atoms with Gasteiger partial charge in [0.15, 0.2) is 17.5 Å². The van der Waals surface area contributed by atoms with Crippen LogP contribution >= 0.6 is 11.3 Å². The van der Waals surface area contributed by atoms with Crippen LogP contribution in [0.1, 0.15) is 6.42 Å². The smallest absolute Gasteiger partial charge is 0.246 e. The molecule has 12 heteroatoms. The summed E-state index contributed by atoms with van der Waals surface area (Å²) in [4.78, 5) is 15.0. The Morgan fingerprint density at radius 3 is 3.00 bits per heavy atom. The van der Waals surface area contributed by atoms with Crippen molar-refractivity contribution in [3.05, 3.63) is 22.5 Å². The van der Waals surface area contributed by atoms with Crippen molar-refractivity contribution in [2.45, 2.75) is 37.5 Å². The molecule has 2 unspecified atom stereocenters. The zero-order valence-corrected chi connectivity index (χ0v) is 12.5. The number of nitrogen functional groups attached to an aromatic ring is 1. The third-order valence-corrected chi connectivity index (χ3v) is 4.35. The van der Waals surface area contributed by atoms with Crippen molar-refractivity contribution < 1.29 is 19.9 Å². The molecule has 0 radical (unpaired) electrons. The maximum atomic E-state index is 10.9. The molecule has 4 atom stereocenters. The average Bonchev–Trinajstić information content (AvgIpc) is 3.11. The SMILES string of the molecule is Nc1ncc(-c2cn(C[C@@H]3CC([N+](=O)[O-])C(O)[C@H](O)O3)nn2)s1. The first kappa shape index (κ1) is 15.7. The zero-order valence-electron chi connectivity index (χ0n) is 11.7. The second-order valence-electron chi connectivity index (χ2n) is 5.12. The second-order valence-corrected chi connectivity index (χ2v) is 6.18. The third-order valence-electron chi connectivity index (χ3n) is 3.50. The molecule has 2 aromatic heterocycles. The highest BCUT2D eigenvalue weighted by Gasteiger charge is 2.44. The van der Waals surface area contributed by atoms with Gasteiger partial charge in [-0.1, -0.05) is 16.6 Å². The predicted octanol–water partition coefficient (Wildman–Crippen LogP) is -0.903. The molecule has 1 aliphatic heterocycles. The van der Waals surface area contributed by atoms with Crippen molar-refractivity contribution in [3.8, 4) is 10.6 Å². The lowest BCUT2D eigenvalue weighted by Crippen LogP contribution is -2.52. The van der Waals surface area contributed by atoms with Crippen LogP contribution in [0, 0.1) is 10.1 Å². The van der Waals surface area contributed by atoms with E-state index < -0.39 is 29.5 Å². The van der Waals surface area contributed by atoms with Crippen LogP contribution in [0.15, 0.2) is 12.4 Å². The summed E-state index contributed by atoms with van der Waals surface area (Å²) in [5.41, 5.74) is 6.13. The van der Waals surface area contributed by atoms with Crippen molar-refractivity contribution in [2.75, 3.05) is 5.73 Å². The molecular formula is C11H14N6O5S. The van der Waals surface area contributed by atoms with Gasteiger partial charge in [0.25, 0.3) is 0 Å². The predicted molar refractivity (Wildman–Crippen MR) is 77.8 cm³/mol. The highest BCUT2D eigenvalue weighted by Crippen LogP contribution is 2.26. The zero-order chi connectivity index (χ0) is 16.6. The molecule has 3 rings (SSSR count). The van der Waals surface area contributed by atoms with E-state index in [0.717, 1.165) is 4.88 Å². The molecule has 3 heterocycles. The van der Waals surface area contributed by atoms with E-state index in [2.05, 4.69) is 15.3 Å². The minimum absolute atomic E-state index is 0.0338. The molecule has 23 heavy (non-hydrogen) atoms. The van der Waals surface area contributed by atoms with Gasteiger partial charge < -0.3 is 20.7 Å². The molecule has 2 aromatic rings. The minimum atomic E-state index is -1.60. The van der Waals surface area contributed by atoms with Gasteiger partial charge in [-0.3, -0.25) is 10.1 Å².